The van der Waals surface area contributed by atoms with E-state index in [2.05, 4.69) is 50.2 Å². The van der Waals surface area contributed by atoms with Crippen LogP contribution in [0.4, 0.5) is 17.3 Å². The molecule has 2 aromatic heterocycles. The number of likely N-dealkylation sites (N-methyl/N-ethyl adjacent to an activating group) is 1. The zero-order valence-electron chi connectivity index (χ0n) is 19.1. The van der Waals surface area contributed by atoms with Crippen molar-refractivity contribution in [3.63, 3.8) is 0 Å². The quantitative estimate of drug-likeness (QED) is 0.470. The van der Waals surface area contributed by atoms with Crippen LogP contribution in [-0.2, 0) is 0 Å². The molecule has 7 heteroatoms. The molecule has 5 rings (SSSR count). The third-order valence-electron chi connectivity index (χ3n) is 6.19. The van der Waals surface area contributed by atoms with Crippen LogP contribution in [0.5, 0.6) is 0 Å². The molecule has 1 aliphatic rings. The van der Waals surface area contributed by atoms with Crippen LogP contribution in [0.2, 0.25) is 0 Å². The van der Waals surface area contributed by atoms with Crippen LogP contribution < -0.4 is 15.8 Å². The van der Waals surface area contributed by atoms with Crippen molar-refractivity contribution in [2.75, 3.05) is 43.4 Å². The first kappa shape index (κ1) is 21.7. The largest absolute Gasteiger partial charge is 0.369 e. The predicted molar refractivity (Wildman–Crippen MR) is 137 cm³/mol. The van der Waals surface area contributed by atoms with Gasteiger partial charge in [0.1, 0.15) is 11.7 Å². The van der Waals surface area contributed by atoms with Crippen LogP contribution in [-0.4, -0.2) is 52.7 Å². The number of piperazine rings is 1. The van der Waals surface area contributed by atoms with Crippen molar-refractivity contribution in [2.24, 2.45) is 0 Å². The molecule has 34 heavy (non-hydrogen) atoms. The molecule has 1 N–H and O–H groups in total. The van der Waals surface area contributed by atoms with Gasteiger partial charge >= 0.3 is 0 Å². The highest BCUT2D eigenvalue weighted by Gasteiger charge is 2.17. The van der Waals surface area contributed by atoms with Gasteiger partial charge in [0, 0.05) is 55.2 Å². The highest BCUT2D eigenvalue weighted by atomic mass is 16.1. The van der Waals surface area contributed by atoms with Crippen molar-refractivity contribution in [3.05, 3.63) is 88.8 Å². The topological polar surface area (TPSA) is 66.3 Å². The summed E-state index contributed by atoms with van der Waals surface area (Å²) in [6.07, 6.45) is 7.57. The number of nitrogens with zero attached hydrogens (tertiary/aromatic N) is 5. The second-order valence-corrected chi connectivity index (χ2v) is 8.46. The van der Waals surface area contributed by atoms with Crippen molar-refractivity contribution in [3.8, 4) is 12.3 Å². The summed E-state index contributed by atoms with van der Waals surface area (Å²) < 4.78 is 1.55. The lowest BCUT2D eigenvalue weighted by Gasteiger charge is -2.34. The Hall–Kier alpha value is -4.15. The Morgan fingerprint density at radius 1 is 0.971 bits per heavy atom. The Morgan fingerprint density at radius 3 is 2.41 bits per heavy atom. The van der Waals surface area contributed by atoms with Crippen LogP contribution in [0, 0.1) is 12.3 Å². The second-order valence-electron chi connectivity index (χ2n) is 8.46. The second kappa shape index (κ2) is 9.38. The van der Waals surface area contributed by atoms with Crippen LogP contribution in [0.25, 0.3) is 11.0 Å². The van der Waals surface area contributed by atoms with Crippen LogP contribution in [0.15, 0.2) is 77.7 Å². The lowest BCUT2D eigenvalue weighted by Crippen LogP contribution is -2.44. The van der Waals surface area contributed by atoms with E-state index in [9.17, 15) is 4.79 Å². The van der Waals surface area contributed by atoms with Gasteiger partial charge in [-0.05, 0) is 42.9 Å². The van der Waals surface area contributed by atoms with Gasteiger partial charge in [0.15, 0.2) is 0 Å². The highest BCUT2D eigenvalue weighted by Crippen LogP contribution is 2.23. The maximum atomic E-state index is 12.9. The highest BCUT2D eigenvalue weighted by molar-refractivity contribution is 5.76. The number of hydrogen-bond donors (Lipinski definition) is 1. The molecule has 0 radical (unpaired) electrons. The molecular weight excluding hydrogens is 424 g/mol. The van der Waals surface area contributed by atoms with Crippen molar-refractivity contribution in [1.29, 1.82) is 0 Å². The molecule has 0 aliphatic carbocycles. The van der Waals surface area contributed by atoms with Crippen LogP contribution in [0.1, 0.15) is 11.6 Å². The normalized spacial score (nSPS) is 15.1. The summed E-state index contributed by atoms with van der Waals surface area (Å²) in [7, 11) is 2.15. The third kappa shape index (κ3) is 4.36. The minimum atomic E-state index is -0.567. The molecule has 0 spiro atoms. The monoisotopic (exact) mass is 450 g/mol. The molecule has 1 aliphatic heterocycles. The van der Waals surface area contributed by atoms with Gasteiger partial charge in [0.05, 0.1) is 0 Å². The van der Waals surface area contributed by atoms with E-state index in [1.54, 1.807) is 16.8 Å². The molecule has 1 atom stereocenters. The fraction of sp³-hybridized carbons (Fsp3) is 0.222. The van der Waals surface area contributed by atoms with E-state index in [0.29, 0.717) is 11.6 Å². The Bertz CT molecular complexity index is 1380. The number of pyridine rings is 1. The molecule has 4 aromatic rings. The summed E-state index contributed by atoms with van der Waals surface area (Å²) in [5, 5.41) is 4.00. The third-order valence-corrected chi connectivity index (χ3v) is 6.19. The summed E-state index contributed by atoms with van der Waals surface area (Å²) in [4.78, 5) is 26.7. The summed E-state index contributed by atoms with van der Waals surface area (Å²) >= 11 is 0. The van der Waals surface area contributed by atoms with E-state index in [1.807, 2.05) is 42.5 Å². The van der Waals surface area contributed by atoms with Gasteiger partial charge in [0.2, 0.25) is 5.95 Å². The van der Waals surface area contributed by atoms with Crippen molar-refractivity contribution in [2.45, 2.75) is 6.04 Å². The first-order valence-corrected chi connectivity index (χ1v) is 11.3. The Morgan fingerprint density at radius 2 is 1.71 bits per heavy atom. The minimum Gasteiger partial charge on any atom is -0.369 e. The van der Waals surface area contributed by atoms with E-state index >= 15 is 0 Å². The van der Waals surface area contributed by atoms with Crippen LogP contribution in [0.3, 0.4) is 0 Å². The Kier molecular flexibility index (Phi) is 5.98. The number of terminal acetylenes is 1. The number of benzene rings is 2. The number of aromatic nitrogens is 3. The van der Waals surface area contributed by atoms with E-state index < -0.39 is 6.04 Å². The summed E-state index contributed by atoms with van der Waals surface area (Å²) in [5.74, 6) is 3.16. The van der Waals surface area contributed by atoms with Gasteiger partial charge in [-0.2, -0.15) is 4.98 Å². The molecule has 3 heterocycles. The smallest absolute Gasteiger partial charge is 0.253 e. The molecule has 170 valence electrons. The molecule has 1 unspecified atom stereocenters. The fourth-order valence-electron chi connectivity index (χ4n) is 4.25. The molecule has 0 bridgehead atoms. The summed E-state index contributed by atoms with van der Waals surface area (Å²) in [5.41, 5.74) is 3.21. The zero-order valence-corrected chi connectivity index (χ0v) is 19.1. The lowest BCUT2D eigenvalue weighted by molar-refractivity contribution is 0.313. The molecule has 2 aromatic carbocycles. The Balaban J connectivity index is 1.45. The van der Waals surface area contributed by atoms with Gasteiger partial charge < -0.3 is 15.1 Å². The van der Waals surface area contributed by atoms with E-state index in [0.717, 1.165) is 42.8 Å². The molecule has 1 fully saturated rings. The van der Waals surface area contributed by atoms with E-state index in [1.165, 1.54) is 11.8 Å². The number of anilines is 3. The fourth-order valence-corrected chi connectivity index (χ4v) is 4.25. The average Bonchev–Trinajstić information content (AvgIpc) is 2.87. The zero-order chi connectivity index (χ0) is 23.5. The summed E-state index contributed by atoms with van der Waals surface area (Å²) in [6, 6.07) is 20.5. The SMILES string of the molecule is C#CC(c1ccccc1)n1c(=O)ccc2cnc(Nc3ccc(N4CCN(C)CC4)cc3)nc21. The number of rotatable bonds is 5. The maximum Gasteiger partial charge on any atom is 0.253 e. The number of hydrogen-bond acceptors (Lipinski definition) is 6. The molecule has 0 saturated carbocycles. The number of nitrogens with one attached hydrogen (secondary N) is 1. The van der Waals surface area contributed by atoms with Gasteiger partial charge in [-0.1, -0.05) is 36.3 Å². The molecular formula is C27H26N6O. The van der Waals surface area contributed by atoms with Crippen molar-refractivity contribution in [1.82, 2.24) is 19.4 Å². The van der Waals surface area contributed by atoms with Gasteiger partial charge in [-0.15, -0.1) is 6.42 Å². The van der Waals surface area contributed by atoms with Crippen molar-refractivity contribution < 1.29 is 0 Å². The average molecular weight is 451 g/mol. The van der Waals surface area contributed by atoms with E-state index in [4.69, 9.17) is 6.42 Å². The van der Waals surface area contributed by atoms with Crippen molar-refractivity contribution >= 4 is 28.4 Å². The first-order valence-electron chi connectivity index (χ1n) is 11.3. The Labute approximate surface area is 198 Å². The predicted octanol–water partition coefficient (Wildman–Crippen LogP) is 3.51. The minimum absolute atomic E-state index is 0.208. The molecule has 7 nitrogen and oxygen atoms in total. The maximum absolute atomic E-state index is 12.9. The van der Waals surface area contributed by atoms with E-state index in [-0.39, 0.29) is 5.56 Å². The standard InChI is InChI=1S/C27H26N6O/c1-3-24(20-7-5-4-6-8-20)33-25(34)14-9-21-19-28-27(30-26(21)33)29-22-10-12-23(13-11-22)32-17-15-31(2)16-18-32/h1,4-14,19,24H,15-18H2,2H3,(H,28,29,30). The van der Waals surface area contributed by atoms with Gasteiger partial charge in [0.25, 0.3) is 5.56 Å². The van der Waals surface area contributed by atoms with Gasteiger partial charge in [-0.25, -0.2) is 4.98 Å². The van der Waals surface area contributed by atoms with Gasteiger partial charge in [-0.3, -0.25) is 9.36 Å². The molecule has 0 amide bonds. The number of fused-ring (bicyclic) bond motifs is 1. The summed E-state index contributed by atoms with van der Waals surface area (Å²) in [6.45, 7) is 4.17. The van der Waals surface area contributed by atoms with Crippen LogP contribution >= 0.6 is 0 Å². The molecule has 1 saturated heterocycles. The first-order chi connectivity index (χ1) is 16.6. The lowest BCUT2D eigenvalue weighted by atomic mass is 10.1.